The maximum absolute atomic E-state index is 13.0. The lowest BCUT2D eigenvalue weighted by molar-refractivity contribution is 0.0904. The summed E-state index contributed by atoms with van der Waals surface area (Å²) in [5.41, 5.74) is 0.294. The van der Waals surface area contributed by atoms with Gasteiger partial charge in [0.2, 0.25) is 0 Å². The average molecular weight is 332 g/mol. The van der Waals surface area contributed by atoms with Gasteiger partial charge in [-0.15, -0.1) is 0 Å². The molecule has 0 aliphatic heterocycles. The first kappa shape index (κ1) is 16.1. The number of halogens is 2. The van der Waals surface area contributed by atoms with Crippen LogP contribution in [0.4, 0.5) is 4.39 Å². The predicted molar refractivity (Wildman–Crippen MR) is 76.7 cm³/mol. The van der Waals surface area contributed by atoms with E-state index in [0.29, 0.717) is 35.7 Å². The number of amides is 1. The molecular weight excluding hydrogens is 313 g/mol. The molecule has 0 saturated carbocycles. The van der Waals surface area contributed by atoms with E-state index in [1.807, 2.05) is 0 Å². The largest absolute Gasteiger partial charge is 0.380 e. The summed E-state index contributed by atoms with van der Waals surface area (Å²) >= 11 is 3.22. The van der Waals surface area contributed by atoms with Crippen LogP contribution in [0.3, 0.4) is 0 Å². The number of rotatable bonds is 7. The standard InChI is InChI=1S/C14H19BrFNO2/c1-10(2)5-7-19-8-6-17-14(18)12-9-11(16)3-4-13(12)15/h3-4,9-10H,5-8H2,1-2H3,(H,17,18). The van der Waals surface area contributed by atoms with Gasteiger partial charge in [-0.1, -0.05) is 13.8 Å². The molecular formula is C14H19BrFNO2. The summed E-state index contributed by atoms with van der Waals surface area (Å²) in [4.78, 5) is 11.8. The van der Waals surface area contributed by atoms with Gasteiger partial charge in [0, 0.05) is 17.6 Å². The molecule has 0 radical (unpaired) electrons. The van der Waals surface area contributed by atoms with Crippen LogP contribution in [0.15, 0.2) is 22.7 Å². The smallest absolute Gasteiger partial charge is 0.252 e. The first-order valence-electron chi connectivity index (χ1n) is 6.31. The van der Waals surface area contributed by atoms with E-state index >= 15 is 0 Å². The maximum Gasteiger partial charge on any atom is 0.252 e. The molecule has 0 heterocycles. The van der Waals surface area contributed by atoms with Gasteiger partial charge in [0.05, 0.1) is 12.2 Å². The fraction of sp³-hybridized carbons (Fsp3) is 0.500. The van der Waals surface area contributed by atoms with Crippen molar-refractivity contribution in [1.29, 1.82) is 0 Å². The molecule has 0 atom stereocenters. The number of nitrogens with one attached hydrogen (secondary N) is 1. The van der Waals surface area contributed by atoms with Crippen molar-refractivity contribution in [3.05, 3.63) is 34.1 Å². The van der Waals surface area contributed by atoms with Crippen molar-refractivity contribution in [3.63, 3.8) is 0 Å². The highest BCUT2D eigenvalue weighted by atomic mass is 79.9. The third kappa shape index (κ3) is 6.16. The molecule has 3 nitrogen and oxygen atoms in total. The molecule has 0 unspecified atom stereocenters. The van der Waals surface area contributed by atoms with E-state index in [1.54, 1.807) is 0 Å². The monoisotopic (exact) mass is 331 g/mol. The Morgan fingerprint density at radius 2 is 2.16 bits per heavy atom. The van der Waals surface area contributed by atoms with Crippen LogP contribution in [0.1, 0.15) is 30.6 Å². The van der Waals surface area contributed by atoms with Crippen molar-refractivity contribution in [3.8, 4) is 0 Å². The van der Waals surface area contributed by atoms with E-state index in [4.69, 9.17) is 4.74 Å². The Balaban J connectivity index is 2.29. The van der Waals surface area contributed by atoms with Gasteiger partial charge < -0.3 is 10.1 Å². The summed E-state index contributed by atoms with van der Waals surface area (Å²) in [6.07, 6.45) is 1.00. The normalized spacial score (nSPS) is 10.8. The molecule has 19 heavy (non-hydrogen) atoms. The topological polar surface area (TPSA) is 38.3 Å². The lowest BCUT2D eigenvalue weighted by Gasteiger charge is -2.08. The number of carbonyl (C=O) groups excluding carboxylic acids is 1. The van der Waals surface area contributed by atoms with Crippen LogP contribution in [-0.2, 0) is 4.74 Å². The average Bonchev–Trinajstić information content (AvgIpc) is 2.36. The van der Waals surface area contributed by atoms with E-state index in [1.165, 1.54) is 18.2 Å². The van der Waals surface area contributed by atoms with Crippen LogP contribution in [0.5, 0.6) is 0 Å². The van der Waals surface area contributed by atoms with Gasteiger partial charge in [-0.2, -0.15) is 0 Å². The van der Waals surface area contributed by atoms with Crippen LogP contribution in [-0.4, -0.2) is 25.7 Å². The van der Waals surface area contributed by atoms with Gasteiger partial charge in [0.25, 0.3) is 5.91 Å². The minimum absolute atomic E-state index is 0.294. The Morgan fingerprint density at radius 3 is 2.84 bits per heavy atom. The van der Waals surface area contributed by atoms with Crippen molar-refractivity contribution >= 4 is 21.8 Å². The van der Waals surface area contributed by atoms with Crippen LogP contribution < -0.4 is 5.32 Å². The number of ether oxygens (including phenoxy) is 1. The Bertz CT molecular complexity index is 424. The second kappa shape index (κ2) is 8.27. The summed E-state index contributed by atoms with van der Waals surface area (Å²) in [7, 11) is 0. The number of benzene rings is 1. The molecule has 0 fully saturated rings. The van der Waals surface area contributed by atoms with Gasteiger partial charge in [0.15, 0.2) is 0 Å². The summed E-state index contributed by atoms with van der Waals surface area (Å²) in [5.74, 6) is -0.127. The predicted octanol–water partition coefficient (Wildman–Crippen LogP) is 3.38. The Morgan fingerprint density at radius 1 is 1.42 bits per heavy atom. The lowest BCUT2D eigenvalue weighted by atomic mass is 10.1. The van der Waals surface area contributed by atoms with Crippen LogP contribution in [0, 0.1) is 11.7 Å². The van der Waals surface area contributed by atoms with Gasteiger partial charge in [-0.25, -0.2) is 4.39 Å². The molecule has 0 aromatic heterocycles. The van der Waals surface area contributed by atoms with Gasteiger partial charge in [-0.05, 0) is 46.5 Å². The van der Waals surface area contributed by atoms with E-state index < -0.39 is 5.82 Å². The van der Waals surface area contributed by atoms with E-state index in [9.17, 15) is 9.18 Å². The van der Waals surface area contributed by atoms with E-state index in [0.717, 1.165) is 6.42 Å². The molecule has 0 spiro atoms. The SMILES string of the molecule is CC(C)CCOCCNC(=O)c1cc(F)ccc1Br. The molecule has 5 heteroatoms. The van der Waals surface area contributed by atoms with Crippen molar-refractivity contribution in [2.24, 2.45) is 5.92 Å². The highest BCUT2D eigenvalue weighted by molar-refractivity contribution is 9.10. The van der Waals surface area contributed by atoms with Crippen LogP contribution >= 0.6 is 15.9 Å². The molecule has 1 N–H and O–H groups in total. The molecule has 1 amide bonds. The zero-order valence-electron chi connectivity index (χ0n) is 11.2. The third-order valence-electron chi connectivity index (χ3n) is 2.54. The molecule has 0 aliphatic carbocycles. The van der Waals surface area contributed by atoms with E-state index in [2.05, 4.69) is 35.1 Å². The van der Waals surface area contributed by atoms with Crippen LogP contribution in [0.25, 0.3) is 0 Å². The molecule has 0 saturated heterocycles. The second-order valence-electron chi connectivity index (χ2n) is 4.67. The molecule has 0 aliphatic rings. The lowest BCUT2D eigenvalue weighted by Crippen LogP contribution is -2.27. The molecule has 1 aromatic rings. The minimum Gasteiger partial charge on any atom is -0.380 e. The van der Waals surface area contributed by atoms with Crippen LogP contribution in [0.2, 0.25) is 0 Å². The van der Waals surface area contributed by atoms with E-state index in [-0.39, 0.29) is 5.91 Å². The number of carbonyl (C=O) groups is 1. The molecule has 1 aromatic carbocycles. The summed E-state index contributed by atoms with van der Waals surface area (Å²) in [6.45, 7) is 5.84. The fourth-order valence-electron chi connectivity index (χ4n) is 1.42. The van der Waals surface area contributed by atoms with Crippen molar-refractivity contribution in [2.75, 3.05) is 19.8 Å². The summed E-state index contributed by atoms with van der Waals surface area (Å²) in [5, 5.41) is 2.69. The number of hydrogen-bond donors (Lipinski definition) is 1. The van der Waals surface area contributed by atoms with Crippen molar-refractivity contribution in [1.82, 2.24) is 5.32 Å². The maximum atomic E-state index is 13.0. The molecule has 1 rings (SSSR count). The second-order valence-corrected chi connectivity index (χ2v) is 5.53. The van der Waals surface area contributed by atoms with Crippen molar-refractivity contribution < 1.29 is 13.9 Å². The summed E-state index contributed by atoms with van der Waals surface area (Å²) in [6, 6.07) is 4.03. The Hall–Kier alpha value is -0.940. The minimum atomic E-state index is -0.429. The Labute approximate surface area is 121 Å². The molecule has 106 valence electrons. The molecule has 0 bridgehead atoms. The third-order valence-corrected chi connectivity index (χ3v) is 3.24. The Kier molecular flexibility index (Phi) is 7.02. The highest BCUT2D eigenvalue weighted by Gasteiger charge is 2.10. The quantitative estimate of drug-likeness (QED) is 0.778. The van der Waals surface area contributed by atoms with Gasteiger partial charge in [-0.3, -0.25) is 4.79 Å². The van der Waals surface area contributed by atoms with Crippen molar-refractivity contribution in [2.45, 2.75) is 20.3 Å². The van der Waals surface area contributed by atoms with Gasteiger partial charge >= 0.3 is 0 Å². The summed E-state index contributed by atoms with van der Waals surface area (Å²) < 4.78 is 19.0. The van der Waals surface area contributed by atoms with Gasteiger partial charge in [0.1, 0.15) is 5.82 Å². The zero-order valence-corrected chi connectivity index (χ0v) is 12.8. The highest BCUT2D eigenvalue weighted by Crippen LogP contribution is 2.17. The zero-order chi connectivity index (χ0) is 14.3. The number of hydrogen-bond acceptors (Lipinski definition) is 2. The first-order valence-corrected chi connectivity index (χ1v) is 7.11. The first-order chi connectivity index (χ1) is 9.00. The fourth-order valence-corrected chi connectivity index (χ4v) is 1.85.